The molecule has 2 aromatic carbocycles. The van der Waals surface area contributed by atoms with E-state index in [9.17, 15) is 9.59 Å². The first-order valence-electron chi connectivity index (χ1n) is 8.77. The van der Waals surface area contributed by atoms with Crippen LogP contribution in [0, 0.1) is 0 Å². The molecule has 3 rings (SSSR count). The topological polar surface area (TPSA) is 94.9 Å². The predicted molar refractivity (Wildman–Crippen MR) is 112 cm³/mol. The first-order chi connectivity index (χ1) is 13.5. The molecule has 1 aliphatic rings. The summed E-state index contributed by atoms with van der Waals surface area (Å²) in [5.74, 6) is -0.111. The van der Waals surface area contributed by atoms with Crippen LogP contribution >= 0.6 is 15.9 Å². The summed E-state index contributed by atoms with van der Waals surface area (Å²) >= 11 is 3.38. The van der Waals surface area contributed by atoms with Crippen molar-refractivity contribution in [3.63, 3.8) is 0 Å². The maximum atomic E-state index is 12.2. The summed E-state index contributed by atoms with van der Waals surface area (Å²) in [5.41, 5.74) is 10.5. The number of nitrogens with one attached hydrogen (secondary N) is 3. The number of hydrazine groups is 1. The van der Waals surface area contributed by atoms with Crippen molar-refractivity contribution in [2.45, 2.75) is 25.8 Å². The van der Waals surface area contributed by atoms with E-state index in [1.54, 1.807) is 6.92 Å². The number of halogens is 1. The second-order valence-electron chi connectivity index (χ2n) is 6.31. The fourth-order valence-electron chi connectivity index (χ4n) is 2.64. The first-order valence-corrected chi connectivity index (χ1v) is 9.56. The van der Waals surface area contributed by atoms with Crippen molar-refractivity contribution in [3.05, 3.63) is 70.2 Å². The van der Waals surface area contributed by atoms with Gasteiger partial charge in [-0.1, -0.05) is 58.4 Å². The van der Waals surface area contributed by atoms with Crippen LogP contribution in [-0.2, 0) is 16.0 Å². The number of hydrogen-bond acceptors (Lipinski definition) is 5. The monoisotopic (exact) mass is 441 g/mol. The van der Waals surface area contributed by atoms with E-state index in [2.05, 4.69) is 42.3 Å². The zero-order valence-electron chi connectivity index (χ0n) is 15.3. The number of carbonyl (C=O) groups excluding carboxylic acids is 2. The second-order valence-corrected chi connectivity index (χ2v) is 7.23. The van der Waals surface area contributed by atoms with Crippen molar-refractivity contribution in [2.75, 3.05) is 0 Å². The van der Waals surface area contributed by atoms with Crippen LogP contribution in [0.3, 0.4) is 0 Å². The van der Waals surface area contributed by atoms with Crippen LogP contribution in [-0.4, -0.2) is 29.4 Å². The molecule has 2 aromatic rings. The molecule has 0 radical (unpaired) electrons. The molecule has 0 spiro atoms. The first kappa shape index (κ1) is 19.8. The largest absolute Gasteiger partial charge is 0.285 e. The Labute approximate surface area is 171 Å². The number of amidine groups is 1. The van der Waals surface area contributed by atoms with E-state index >= 15 is 0 Å². The highest BCUT2D eigenvalue weighted by atomic mass is 79.9. The standard InChI is InChI=1S/C20H20BrN5O2/c1-13(15-7-9-16(21)10-8-15)23-25-19(27)12-17-20(28)26-24-18(22-17)11-14-5-3-2-4-6-14/h2-10,17H,11-12H2,1H3,(H,22,24)(H,25,27)(H,26,28)/b23-13-/t17-/m1/s1. The maximum absolute atomic E-state index is 12.2. The summed E-state index contributed by atoms with van der Waals surface area (Å²) in [7, 11) is 0. The molecule has 1 aliphatic heterocycles. The summed E-state index contributed by atoms with van der Waals surface area (Å²) in [5, 5.41) is 4.11. The minimum atomic E-state index is -0.789. The van der Waals surface area contributed by atoms with Crippen molar-refractivity contribution < 1.29 is 9.59 Å². The smallest absolute Gasteiger partial charge is 0.263 e. The normalized spacial score (nSPS) is 16.6. The Morgan fingerprint density at radius 1 is 1.14 bits per heavy atom. The van der Waals surface area contributed by atoms with E-state index in [0.717, 1.165) is 15.6 Å². The number of rotatable bonds is 6. The summed E-state index contributed by atoms with van der Waals surface area (Å²) in [6.07, 6.45) is 0.461. The molecule has 7 nitrogen and oxygen atoms in total. The molecule has 0 saturated carbocycles. The molecule has 8 heteroatoms. The molecule has 0 aromatic heterocycles. The number of carbonyl (C=O) groups is 2. The second kappa shape index (κ2) is 9.27. The van der Waals surface area contributed by atoms with Crippen LogP contribution in [0.2, 0.25) is 0 Å². The van der Waals surface area contributed by atoms with Crippen LogP contribution < -0.4 is 16.3 Å². The van der Waals surface area contributed by atoms with Gasteiger partial charge >= 0.3 is 0 Å². The van der Waals surface area contributed by atoms with E-state index in [-0.39, 0.29) is 18.2 Å². The summed E-state index contributed by atoms with van der Waals surface area (Å²) < 4.78 is 0.967. The maximum Gasteiger partial charge on any atom is 0.263 e. The molecular weight excluding hydrogens is 422 g/mol. The molecule has 1 atom stereocenters. The molecule has 0 bridgehead atoms. The molecule has 0 unspecified atom stereocenters. The highest BCUT2D eigenvalue weighted by molar-refractivity contribution is 9.10. The molecular formula is C20H20BrN5O2. The number of amides is 2. The number of hydrazone groups is 1. The molecule has 3 N–H and O–H groups in total. The Balaban J connectivity index is 1.60. The molecule has 1 heterocycles. The predicted octanol–water partition coefficient (Wildman–Crippen LogP) is 2.32. The van der Waals surface area contributed by atoms with Gasteiger partial charge in [0.1, 0.15) is 11.9 Å². The van der Waals surface area contributed by atoms with E-state index in [1.165, 1.54) is 0 Å². The molecule has 2 amide bonds. The lowest BCUT2D eigenvalue weighted by Crippen LogP contribution is -2.52. The zero-order chi connectivity index (χ0) is 19.9. The van der Waals surface area contributed by atoms with Gasteiger partial charge in [0.2, 0.25) is 5.91 Å². The highest BCUT2D eigenvalue weighted by Gasteiger charge is 2.25. The van der Waals surface area contributed by atoms with E-state index < -0.39 is 6.04 Å². The van der Waals surface area contributed by atoms with Crippen molar-refractivity contribution in [1.82, 2.24) is 16.3 Å². The quantitative estimate of drug-likeness (QED) is 0.474. The Kier molecular flexibility index (Phi) is 6.54. The van der Waals surface area contributed by atoms with Crippen molar-refractivity contribution in [1.29, 1.82) is 0 Å². The minimum absolute atomic E-state index is 0.0804. The van der Waals surface area contributed by atoms with Gasteiger partial charge in [-0.3, -0.25) is 25.4 Å². The third-order valence-corrected chi connectivity index (χ3v) is 4.68. The summed E-state index contributed by atoms with van der Waals surface area (Å²) in [6.45, 7) is 1.80. The Bertz CT molecular complexity index is 910. The van der Waals surface area contributed by atoms with Gasteiger partial charge in [-0.2, -0.15) is 5.10 Å². The average molecular weight is 442 g/mol. The fourth-order valence-corrected chi connectivity index (χ4v) is 2.90. The van der Waals surface area contributed by atoms with Gasteiger partial charge in [0, 0.05) is 10.9 Å². The lowest BCUT2D eigenvalue weighted by atomic mass is 10.1. The number of nitrogens with zero attached hydrogens (tertiary/aromatic N) is 2. The number of aliphatic imine (C=N–C) groups is 1. The minimum Gasteiger partial charge on any atom is -0.285 e. The Morgan fingerprint density at radius 3 is 2.57 bits per heavy atom. The van der Waals surface area contributed by atoms with Gasteiger partial charge in [-0.25, -0.2) is 5.43 Å². The van der Waals surface area contributed by atoms with Crippen LogP contribution in [0.15, 0.2) is 69.2 Å². The zero-order valence-corrected chi connectivity index (χ0v) is 16.9. The van der Waals surface area contributed by atoms with Gasteiger partial charge in [-0.05, 0) is 30.2 Å². The van der Waals surface area contributed by atoms with Gasteiger partial charge in [0.25, 0.3) is 5.91 Å². The molecule has 0 saturated heterocycles. The van der Waals surface area contributed by atoms with Crippen LogP contribution in [0.1, 0.15) is 24.5 Å². The molecule has 0 aliphatic carbocycles. The van der Waals surface area contributed by atoms with Crippen LogP contribution in [0.25, 0.3) is 0 Å². The molecule has 0 fully saturated rings. The van der Waals surface area contributed by atoms with E-state index in [0.29, 0.717) is 18.0 Å². The average Bonchev–Trinajstić information content (AvgIpc) is 2.70. The number of benzene rings is 2. The van der Waals surface area contributed by atoms with Gasteiger partial charge in [-0.15, -0.1) is 0 Å². The van der Waals surface area contributed by atoms with Crippen molar-refractivity contribution in [2.24, 2.45) is 10.1 Å². The Hall–Kier alpha value is -3.00. The highest BCUT2D eigenvalue weighted by Crippen LogP contribution is 2.11. The molecule has 28 heavy (non-hydrogen) atoms. The van der Waals surface area contributed by atoms with Crippen LogP contribution in [0.5, 0.6) is 0 Å². The van der Waals surface area contributed by atoms with Gasteiger partial charge in [0.05, 0.1) is 12.1 Å². The van der Waals surface area contributed by atoms with Crippen molar-refractivity contribution >= 4 is 39.3 Å². The summed E-state index contributed by atoms with van der Waals surface area (Å²) in [4.78, 5) is 28.6. The van der Waals surface area contributed by atoms with E-state index in [1.807, 2.05) is 54.6 Å². The van der Waals surface area contributed by atoms with E-state index in [4.69, 9.17) is 0 Å². The lowest BCUT2D eigenvalue weighted by molar-refractivity contribution is -0.128. The van der Waals surface area contributed by atoms with Gasteiger partial charge in [0.15, 0.2) is 0 Å². The lowest BCUT2D eigenvalue weighted by Gasteiger charge is -2.21. The van der Waals surface area contributed by atoms with Crippen molar-refractivity contribution in [3.8, 4) is 0 Å². The summed E-state index contributed by atoms with van der Waals surface area (Å²) in [6, 6.07) is 16.6. The van der Waals surface area contributed by atoms with Gasteiger partial charge < -0.3 is 0 Å². The number of hydrogen-bond donors (Lipinski definition) is 3. The molecule has 144 valence electrons. The third-order valence-electron chi connectivity index (χ3n) is 4.15. The Morgan fingerprint density at radius 2 is 1.86 bits per heavy atom. The van der Waals surface area contributed by atoms with Crippen LogP contribution in [0.4, 0.5) is 0 Å². The fraction of sp³-hybridized carbons (Fsp3) is 0.200. The third kappa shape index (κ3) is 5.50. The SMILES string of the molecule is C/C(=N/NC(=O)C[C@H]1N=C(Cc2ccccc2)NNC1=O)c1ccc(Br)cc1.